The number of hydrogen-bond acceptors (Lipinski definition) is 0. The Morgan fingerprint density at radius 2 is 0.711 bits per heavy atom. The molecule has 0 atom stereocenters. The van der Waals surface area contributed by atoms with Gasteiger partial charge >= 0.3 is 0 Å². The van der Waals surface area contributed by atoms with Crippen molar-refractivity contribution in [2.75, 3.05) is 0 Å². The second kappa shape index (κ2) is 7.55. The SMILES string of the molecule is c1cc(-c2ccc3c4c(cccc24)CC3)c2cc3cccc(-c4ccc5c6c(cccc46)CC5)c3cc2c1. The predicted molar refractivity (Wildman–Crippen MR) is 162 cm³/mol. The first-order valence-corrected chi connectivity index (χ1v) is 13.9. The Morgan fingerprint density at radius 1 is 0.316 bits per heavy atom. The van der Waals surface area contributed by atoms with Crippen molar-refractivity contribution in [2.45, 2.75) is 25.7 Å². The van der Waals surface area contributed by atoms with Gasteiger partial charge in [-0.1, -0.05) is 97.1 Å². The first kappa shape index (κ1) is 20.6. The Labute approximate surface area is 222 Å². The molecule has 0 saturated carbocycles. The standard InChI is InChI=1S/C38H26/c1-5-23-13-15-25-17-19-31(33(11-1)37(23)25)29-9-3-7-27-22-36-28(21-35(27)29)8-4-10-30(36)32-20-18-26-16-14-24-6-2-12-34(32)38(24)26/h1-12,17-22H,13-16H2. The first-order chi connectivity index (χ1) is 18.8. The van der Waals surface area contributed by atoms with E-state index in [-0.39, 0.29) is 0 Å². The second-order valence-electron chi connectivity index (χ2n) is 11.1. The van der Waals surface area contributed by atoms with E-state index in [1.807, 2.05) is 0 Å². The van der Waals surface area contributed by atoms with Crippen molar-refractivity contribution in [1.82, 2.24) is 0 Å². The number of hydrogen-bond donors (Lipinski definition) is 0. The number of fused-ring (bicyclic) bond motifs is 2. The third kappa shape index (κ3) is 2.75. The quantitative estimate of drug-likeness (QED) is 0.215. The average Bonchev–Trinajstić information content (AvgIpc) is 3.59. The summed E-state index contributed by atoms with van der Waals surface area (Å²) in [4.78, 5) is 0. The summed E-state index contributed by atoms with van der Waals surface area (Å²) in [6.07, 6.45) is 4.65. The Bertz CT molecular complexity index is 1950. The van der Waals surface area contributed by atoms with Crippen LogP contribution in [-0.2, 0) is 25.7 Å². The molecule has 0 amide bonds. The molecular weight excluding hydrogens is 456 g/mol. The molecule has 0 spiro atoms. The Balaban J connectivity index is 1.31. The predicted octanol–water partition coefficient (Wildman–Crippen LogP) is 9.83. The normalized spacial score (nSPS) is 13.9. The van der Waals surface area contributed by atoms with Crippen LogP contribution in [-0.4, -0.2) is 0 Å². The monoisotopic (exact) mass is 482 g/mol. The zero-order chi connectivity index (χ0) is 24.8. The van der Waals surface area contributed by atoms with Crippen LogP contribution in [0, 0.1) is 0 Å². The van der Waals surface area contributed by atoms with E-state index in [0.29, 0.717) is 0 Å². The van der Waals surface area contributed by atoms with Crippen molar-refractivity contribution < 1.29 is 0 Å². The molecule has 0 nitrogen and oxygen atoms in total. The van der Waals surface area contributed by atoms with Crippen LogP contribution in [0.2, 0.25) is 0 Å². The van der Waals surface area contributed by atoms with E-state index in [0.717, 1.165) is 25.7 Å². The summed E-state index contributed by atoms with van der Waals surface area (Å²) in [7, 11) is 0. The lowest BCUT2D eigenvalue weighted by Crippen LogP contribution is -1.89. The zero-order valence-corrected chi connectivity index (χ0v) is 21.2. The van der Waals surface area contributed by atoms with Gasteiger partial charge in [0.15, 0.2) is 0 Å². The fourth-order valence-corrected chi connectivity index (χ4v) is 7.48. The molecule has 0 unspecified atom stereocenters. The summed E-state index contributed by atoms with van der Waals surface area (Å²) < 4.78 is 0. The molecule has 0 bridgehead atoms. The summed E-state index contributed by atoms with van der Waals surface area (Å²) >= 11 is 0. The van der Waals surface area contributed by atoms with Gasteiger partial charge in [-0.2, -0.15) is 0 Å². The van der Waals surface area contributed by atoms with E-state index < -0.39 is 0 Å². The minimum atomic E-state index is 1.16. The maximum atomic E-state index is 2.42. The van der Waals surface area contributed by atoms with E-state index in [2.05, 4.69) is 109 Å². The average molecular weight is 483 g/mol. The largest absolute Gasteiger partial charge is 0.0613 e. The molecule has 7 aromatic rings. The van der Waals surface area contributed by atoms with Crippen molar-refractivity contribution in [3.05, 3.63) is 131 Å². The molecule has 178 valence electrons. The Kier molecular flexibility index (Phi) is 4.10. The van der Waals surface area contributed by atoms with Crippen molar-refractivity contribution in [1.29, 1.82) is 0 Å². The molecule has 0 heterocycles. The summed E-state index contributed by atoms with van der Waals surface area (Å²) in [5.74, 6) is 0. The van der Waals surface area contributed by atoms with Crippen molar-refractivity contribution in [2.24, 2.45) is 0 Å². The van der Waals surface area contributed by atoms with Crippen molar-refractivity contribution in [3.8, 4) is 22.3 Å². The van der Waals surface area contributed by atoms with Gasteiger partial charge in [0.1, 0.15) is 0 Å². The highest BCUT2D eigenvalue weighted by Gasteiger charge is 2.19. The molecule has 0 aromatic heterocycles. The van der Waals surface area contributed by atoms with Crippen LogP contribution in [0.3, 0.4) is 0 Å². The summed E-state index contributed by atoms with van der Waals surface area (Å²) in [5, 5.41) is 11.0. The van der Waals surface area contributed by atoms with Gasteiger partial charge in [0.25, 0.3) is 0 Å². The third-order valence-corrected chi connectivity index (χ3v) is 9.21. The molecule has 0 saturated heterocycles. The van der Waals surface area contributed by atoms with Gasteiger partial charge in [0.05, 0.1) is 0 Å². The molecule has 7 aromatic carbocycles. The maximum Gasteiger partial charge on any atom is -0.00988 e. The fraction of sp³-hybridized carbons (Fsp3) is 0.105. The van der Waals surface area contributed by atoms with Crippen molar-refractivity contribution >= 4 is 43.1 Å². The Hall–Kier alpha value is -4.42. The van der Waals surface area contributed by atoms with E-state index in [4.69, 9.17) is 0 Å². The molecule has 2 aliphatic carbocycles. The minimum absolute atomic E-state index is 1.16. The topological polar surface area (TPSA) is 0 Å². The number of aryl methyl sites for hydroxylation is 4. The number of benzene rings is 7. The van der Waals surface area contributed by atoms with Crippen LogP contribution in [0.4, 0.5) is 0 Å². The highest BCUT2D eigenvalue weighted by molar-refractivity contribution is 6.14. The fourth-order valence-electron chi connectivity index (χ4n) is 7.48. The van der Waals surface area contributed by atoms with Gasteiger partial charge in [-0.25, -0.2) is 0 Å². The minimum Gasteiger partial charge on any atom is -0.0613 e. The summed E-state index contributed by atoms with van der Waals surface area (Å²) in [6, 6.07) is 41.6. The van der Waals surface area contributed by atoms with Gasteiger partial charge in [-0.05, 0) is 125 Å². The lowest BCUT2D eigenvalue weighted by molar-refractivity contribution is 1.02. The first-order valence-electron chi connectivity index (χ1n) is 13.9. The highest BCUT2D eigenvalue weighted by Crippen LogP contribution is 2.43. The smallest absolute Gasteiger partial charge is 0.00988 e. The van der Waals surface area contributed by atoms with E-state index in [9.17, 15) is 0 Å². The van der Waals surface area contributed by atoms with Gasteiger partial charge in [0.2, 0.25) is 0 Å². The van der Waals surface area contributed by atoms with Crippen LogP contribution >= 0.6 is 0 Å². The molecule has 2 aliphatic rings. The molecule has 0 heteroatoms. The van der Waals surface area contributed by atoms with Crippen LogP contribution in [0.15, 0.2) is 109 Å². The van der Waals surface area contributed by atoms with Crippen LogP contribution < -0.4 is 0 Å². The van der Waals surface area contributed by atoms with E-state index >= 15 is 0 Å². The third-order valence-electron chi connectivity index (χ3n) is 9.21. The second-order valence-corrected chi connectivity index (χ2v) is 11.1. The highest BCUT2D eigenvalue weighted by atomic mass is 14.2. The lowest BCUT2D eigenvalue weighted by Gasteiger charge is -2.15. The van der Waals surface area contributed by atoms with Gasteiger partial charge in [-0.3, -0.25) is 0 Å². The maximum absolute atomic E-state index is 2.42. The van der Waals surface area contributed by atoms with E-state index in [1.165, 1.54) is 87.6 Å². The number of rotatable bonds is 2. The molecule has 38 heavy (non-hydrogen) atoms. The molecule has 0 radical (unpaired) electrons. The van der Waals surface area contributed by atoms with Gasteiger partial charge in [0, 0.05) is 0 Å². The summed E-state index contributed by atoms with van der Waals surface area (Å²) in [6.45, 7) is 0. The molecule has 0 fully saturated rings. The zero-order valence-electron chi connectivity index (χ0n) is 21.2. The van der Waals surface area contributed by atoms with Gasteiger partial charge in [-0.15, -0.1) is 0 Å². The van der Waals surface area contributed by atoms with Crippen LogP contribution in [0.1, 0.15) is 22.3 Å². The lowest BCUT2D eigenvalue weighted by atomic mass is 9.88. The van der Waals surface area contributed by atoms with Crippen LogP contribution in [0.25, 0.3) is 65.3 Å². The molecule has 9 rings (SSSR count). The van der Waals surface area contributed by atoms with Crippen LogP contribution in [0.5, 0.6) is 0 Å². The van der Waals surface area contributed by atoms with E-state index in [1.54, 1.807) is 0 Å². The Morgan fingerprint density at radius 3 is 1.18 bits per heavy atom. The van der Waals surface area contributed by atoms with Crippen molar-refractivity contribution in [3.63, 3.8) is 0 Å². The molecule has 0 aliphatic heterocycles. The van der Waals surface area contributed by atoms with Gasteiger partial charge < -0.3 is 0 Å². The summed E-state index contributed by atoms with van der Waals surface area (Å²) in [5.41, 5.74) is 11.4. The molecule has 0 N–H and O–H groups in total. The molecular formula is C38H26.